The second-order valence-corrected chi connectivity index (χ2v) is 8.34. The zero-order chi connectivity index (χ0) is 23.7. The van der Waals surface area contributed by atoms with Crippen molar-refractivity contribution in [2.45, 2.75) is 12.8 Å². The minimum absolute atomic E-state index is 0.0826. The van der Waals surface area contributed by atoms with Crippen LogP contribution in [-0.4, -0.2) is 32.2 Å². The summed E-state index contributed by atoms with van der Waals surface area (Å²) in [4.78, 5) is 23.7. The van der Waals surface area contributed by atoms with Crippen LogP contribution < -0.4 is 10.2 Å². The SMILES string of the molecule is Cn1nccc1Nc1nccc(-c2cc(C#N)c3c(c2)CCN3C(=O)Cc2ccccc2Cl)n1. The Hall–Kier alpha value is -4.22. The Morgan fingerprint density at radius 2 is 2.06 bits per heavy atom. The Morgan fingerprint density at radius 1 is 1.21 bits per heavy atom. The molecule has 2 aromatic carbocycles. The average Bonchev–Trinajstić information content (AvgIpc) is 3.46. The molecule has 0 aliphatic carbocycles. The summed E-state index contributed by atoms with van der Waals surface area (Å²) < 4.78 is 1.69. The number of nitriles is 1. The molecule has 0 spiro atoms. The number of carbonyl (C=O) groups is 1. The highest BCUT2D eigenvalue weighted by molar-refractivity contribution is 6.31. The lowest BCUT2D eigenvalue weighted by Crippen LogP contribution is -2.31. The Bertz CT molecular complexity index is 1440. The Morgan fingerprint density at radius 3 is 2.82 bits per heavy atom. The number of fused-ring (bicyclic) bond motifs is 1. The molecule has 8 nitrogen and oxygen atoms in total. The van der Waals surface area contributed by atoms with Crippen LogP contribution >= 0.6 is 11.6 Å². The Kier molecular flexibility index (Phi) is 5.70. The van der Waals surface area contributed by atoms with E-state index in [0.717, 1.165) is 22.5 Å². The van der Waals surface area contributed by atoms with Gasteiger partial charge in [0, 0.05) is 36.4 Å². The molecule has 1 amide bonds. The minimum Gasteiger partial charge on any atom is -0.310 e. The molecule has 5 rings (SSSR count). The smallest absolute Gasteiger partial charge is 0.231 e. The van der Waals surface area contributed by atoms with Gasteiger partial charge in [-0.2, -0.15) is 10.4 Å². The van der Waals surface area contributed by atoms with Crippen LogP contribution in [-0.2, 0) is 24.7 Å². The van der Waals surface area contributed by atoms with Crippen molar-refractivity contribution in [2.75, 3.05) is 16.8 Å². The van der Waals surface area contributed by atoms with Gasteiger partial charge in [-0.1, -0.05) is 29.8 Å². The van der Waals surface area contributed by atoms with Crippen LogP contribution in [0.4, 0.5) is 17.5 Å². The first kappa shape index (κ1) is 21.6. The molecule has 0 fully saturated rings. The predicted molar refractivity (Wildman–Crippen MR) is 130 cm³/mol. The van der Waals surface area contributed by atoms with Gasteiger partial charge in [-0.3, -0.25) is 9.48 Å². The van der Waals surface area contributed by atoms with Gasteiger partial charge >= 0.3 is 0 Å². The number of carbonyl (C=O) groups excluding carboxylic acids is 1. The Balaban J connectivity index is 1.44. The molecule has 1 N–H and O–H groups in total. The molecule has 0 atom stereocenters. The van der Waals surface area contributed by atoms with Gasteiger partial charge in [-0.25, -0.2) is 9.97 Å². The molecule has 3 heterocycles. The molecular weight excluding hydrogens is 450 g/mol. The molecule has 9 heteroatoms. The third-order valence-corrected chi connectivity index (χ3v) is 6.17. The van der Waals surface area contributed by atoms with E-state index in [9.17, 15) is 10.1 Å². The van der Waals surface area contributed by atoms with Crippen molar-refractivity contribution in [1.82, 2.24) is 19.7 Å². The largest absolute Gasteiger partial charge is 0.310 e. The predicted octanol–water partition coefficient (Wildman–Crippen LogP) is 4.28. The quantitative estimate of drug-likeness (QED) is 0.468. The lowest BCUT2D eigenvalue weighted by molar-refractivity contribution is -0.117. The molecule has 0 saturated heterocycles. The van der Waals surface area contributed by atoms with Gasteiger partial charge in [0.25, 0.3) is 0 Å². The van der Waals surface area contributed by atoms with E-state index >= 15 is 0 Å². The highest BCUT2D eigenvalue weighted by atomic mass is 35.5. The first-order valence-corrected chi connectivity index (χ1v) is 11.1. The van der Waals surface area contributed by atoms with E-state index in [-0.39, 0.29) is 12.3 Å². The number of aryl methyl sites for hydroxylation is 1. The normalized spacial score (nSPS) is 12.3. The number of nitrogens with zero attached hydrogens (tertiary/aromatic N) is 6. The van der Waals surface area contributed by atoms with Crippen molar-refractivity contribution in [3.63, 3.8) is 0 Å². The van der Waals surface area contributed by atoms with Crippen molar-refractivity contribution in [3.05, 3.63) is 82.6 Å². The van der Waals surface area contributed by atoms with Crippen LogP contribution in [0.5, 0.6) is 0 Å². The van der Waals surface area contributed by atoms with Crippen molar-refractivity contribution in [3.8, 4) is 17.3 Å². The number of benzene rings is 2. The molecule has 2 aromatic heterocycles. The third kappa shape index (κ3) is 4.09. The van der Waals surface area contributed by atoms with Gasteiger partial charge in [0.1, 0.15) is 11.9 Å². The van der Waals surface area contributed by atoms with E-state index in [1.807, 2.05) is 37.4 Å². The van der Waals surface area contributed by atoms with E-state index in [1.54, 1.807) is 40.2 Å². The minimum atomic E-state index is -0.0826. The highest BCUT2D eigenvalue weighted by Crippen LogP contribution is 2.36. The summed E-state index contributed by atoms with van der Waals surface area (Å²) in [6.07, 6.45) is 4.20. The van der Waals surface area contributed by atoms with E-state index in [0.29, 0.717) is 40.9 Å². The molecule has 1 aliphatic heterocycles. The zero-order valence-corrected chi connectivity index (χ0v) is 19.1. The summed E-state index contributed by atoms with van der Waals surface area (Å²) in [7, 11) is 1.82. The second-order valence-electron chi connectivity index (χ2n) is 7.94. The fraction of sp³-hybridized carbons (Fsp3) is 0.160. The van der Waals surface area contributed by atoms with Crippen LogP contribution in [0.1, 0.15) is 16.7 Å². The number of hydrogen-bond acceptors (Lipinski definition) is 6. The van der Waals surface area contributed by atoms with E-state index < -0.39 is 0 Å². The van der Waals surface area contributed by atoms with Crippen LogP contribution in [0.25, 0.3) is 11.3 Å². The molecule has 0 bridgehead atoms. The maximum Gasteiger partial charge on any atom is 0.231 e. The number of nitrogens with one attached hydrogen (secondary N) is 1. The highest BCUT2D eigenvalue weighted by Gasteiger charge is 2.29. The summed E-state index contributed by atoms with van der Waals surface area (Å²) in [6.45, 7) is 0.522. The maximum absolute atomic E-state index is 13.1. The summed E-state index contributed by atoms with van der Waals surface area (Å²) in [6, 6.07) is 17.0. The van der Waals surface area contributed by atoms with Crippen molar-refractivity contribution in [2.24, 2.45) is 7.05 Å². The van der Waals surface area contributed by atoms with Gasteiger partial charge in [-0.15, -0.1) is 0 Å². The summed E-state index contributed by atoms with van der Waals surface area (Å²) in [5, 5.41) is 17.7. The third-order valence-electron chi connectivity index (χ3n) is 5.80. The van der Waals surface area contributed by atoms with Gasteiger partial charge < -0.3 is 10.2 Å². The van der Waals surface area contributed by atoms with E-state index in [4.69, 9.17) is 11.6 Å². The number of aromatic nitrogens is 4. The van der Waals surface area contributed by atoms with Gasteiger partial charge in [0.15, 0.2) is 0 Å². The van der Waals surface area contributed by atoms with Gasteiger partial charge in [0.05, 0.1) is 29.6 Å². The molecule has 4 aromatic rings. The zero-order valence-electron chi connectivity index (χ0n) is 18.4. The number of halogens is 1. The van der Waals surface area contributed by atoms with Crippen LogP contribution in [0.15, 0.2) is 60.9 Å². The maximum atomic E-state index is 13.1. The number of hydrogen-bond donors (Lipinski definition) is 1. The van der Waals surface area contributed by atoms with Gasteiger partial charge in [-0.05, 0) is 41.8 Å². The van der Waals surface area contributed by atoms with E-state index in [2.05, 4.69) is 26.5 Å². The standard InChI is InChI=1S/C25H20ClN7O/c1-32-22(7-10-29-32)31-25-28-9-6-21(30-25)18-12-17-8-11-33(24(17)19(13-18)15-27)23(34)14-16-4-2-3-5-20(16)26/h2-7,9-10,12-13H,8,11,14H2,1H3,(H,28,30,31). The second kappa shape index (κ2) is 8.96. The summed E-state index contributed by atoms with van der Waals surface area (Å²) in [5.74, 6) is 1.11. The lowest BCUT2D eigenvalue weighted by atomic mass is 10.0. The van der Waals surface area contributed by atoms with E-state index in [1.165, 1.54) is 0 Å². The topological polar surface area (TPSA) is 99.7 Å². The number of rotatable bonds is 5. The average molecular weight is 470 g/mol. The molecular formula is C25H20ClN7O. The molecule has 0 saturated carbocycles. The lowest BCUT2D eigenvalue weighted by Gasteiger charge is -2.19. The van der Waals surface area contributed by atoms with Crippen molar-refractivity contribution in [1.29, 1.82) is 5.26 Å². The van der Waals surface area contributed by atoms with Crippen molar-refractivity contribution < 1.29 is 4.79 Å². The van der Waals surface area contributed by atoms with Crippen LogP contribution in [0, 0.1) is 11.3 Å². The number of anilines is 3. The number of amides is 1. The molecule has 0 unspecified atom stereocenters. The molecule has 0 radical (unpaired) electrons. The first-order chi connectivity index (χ1) is 16.5. The van der Waals surface area contributed by atoms with Gasteiger partial charge in [0.2, 0.25) is 11.9 Å². The fourth-order valence-corrected chi connectivity index (χ4v) is 4.32. The molecule has 34 heavy (non-hydrogen) atoms. The monoisotopic (exact) mass is 469 g/mol. The summed E-state index contributed by atoms with van der Waals surface area (Å²) in [5.41, 5.74) is 4.31. The van der Waals surface area contributed by atoms with Crippen LogP contribution in [0.3, 0.4) is 0 Å². The first-order valence-electron chi connectivity index (χ1n) is 10.7. The fourth-order valence-electron chi connectivity index (χ4n) is 4.12. The molecule has 168 valence electrons. The summed E-state index contributed by atoms with van der Waals surface area (Å²) >= 11 is 6.24. The van der Waals surface area contributed by atoms with Crippen molar-refractivity contribution >= 4 is 35.0 Å². The Labute approximate surface area is 201 Å². The van der Waals surface area contributed by atoms with Crippen LogP contribution in [0.2, 0.25) is 5.02 Å². The molecule has 1 aliphatic rings.